The molecular weight excluding hydrogens is 234 g/mol. The Morgan fingerprint density at radius 1 is 1.32 bits per heavy atom. The Hall–Kier alpha value is -1.06. The molecule has 3 nitrogen and oxygen atoms in total. The van der Waals surface area contributed by atoms with Gasteiger partial charge in [0.05, 0.1) is 6.04 Å². The minimum absolute atomic E-state index is 0.554. The third-order valence-electron chi connectivity index (χ3n) is 4.03. The highest BCUT2D eigenvalue weighted by Gasteiger charge is 2.23. The van der Waals surface area contributed by atoms with Gasteiger partial charge in [-0.25, -0.2) is 0 Å². The molecule has 0 amide bonds. The normalized spacial score (nSPS) is 20.7. The van der Waals surface area contributed by atoms with Crippen LogP contribution in [-0.4, -0.2) is 51.2 Å². The smallest absolute Gasteiger partial charge is 0.0541 e. The number of benzene rings is 1. The minimum atomic E-state index is 0.554. The Morgan fingerprint density at radius 3 is 2.84 bits per heavy atom. The van der Waals surface area contributed by atoms with Crippen LogP contribution in [0.1, 0.15) is 17.5 Å². The van der Waals surface area contributed by atoms with Gasteiger partial charge in [-0.2, -0.15) is 0 Å². The molecule has 0 aromatic heterocycles. The fourth-order valence-corrected chi connectivity index (χ4v) is 2.88. The van der Waals surface area contributed by atoms with Crippen molar-refractivity contribution in [2.45, 2.75) is 26.3 Å². The van der Waals surface area contributed by atoms with Crippen molar-refractivity contribution in [3.63, 3.8) is 0 Å². The first kappa shape index (κ1) is 14.4. The van der Waals surface area contributed by atoms with E-state index in [0.717, 1.165) is 26.2 Å². The number of rotatable bonds is 3. The highest BCUT2D eigenvalue weighted by atomic mass is 15.2. The van der Waals surface area contributed by atoms with Crippen molar-refractivity contribution in [2.75, 3.05) is 45.2 Å². The molecule has 1 fully saturated rings. The molecule has 19 heavy (non-hydrogen) atoms. The van der Waals surface area contributed by atoms with Crippen LogP contribution in [0, 0.1) is 13.8 Å². The van der Waals surface area contributed by atoms with E-state index < -0.39 is 0 Å². The van der Waals surface area contributed by atoms with Crippen LogP contribution in [0.5, 0.6) is 0 Å². The summed E-state index contributed by atoms with van der Waals surface area (Å²) >= 11 is 0. The number of anilines is 1. The fraction of sp³-hybridized carbons (Fsp3) is 0.625. The Morgan fingerprint density at radius 2 is 2.11 bits per heavy atom. The Bertz CT molecular complexity index is 414. The lowest BCUT2D eigenvalue weighted by Crippen LogP contribution is -2.46. The van der Waals surface area contributed by atoms with Crippen molar-refractivity contribution < 1.29 is 0 Å². The molecule has 1 aliphatic rings. The Balaban J connectivity index is 2.28. The summed E-state index contributed by atoms with van der Waals surface area (Å²) in [6.07, 6.45) is 1.22. The molecular formula is C16H27N3. The van der Waals surface area contributed by atoms with Gasteiger partial charge in [0.1, 0.15) is 0 Å². The zero-order chi connectivity index (χ0) is 13.8. The van der Waals surface area contributed by atoms with Gasteiger partial charge in [0.25, 0.3) is 0 Å². The quantitative estimate of drug-likeness (QED) is 0.898. The molecule has 1 aromatic carbocycles. The van der Waals surface area contributed by atoms with Crippen LogP contribution in [0.4, 0.5) is 5.69 Å². The second kappa shape index (κ2) is 6.40. The van der Waals surface area contributed by atoms with E-state index in [1.54, 1.807) is 0 Å². The summed E-state index contributed by atoms with van der Waals surface area (Å²) in [6.45, 7) is 8.90. The maximum atomic E-state index is 3.57. The lowest BCUT2D eigenvalue weighted by molar-refractivity contribution is 0.361. The lowest BCUT2D eigenvalue weighted by Gasteiger charge is -2.35. The first-order valence-corrected chi connectivity index (χ1v) is 7.28. The number of hydrogen-bond donors (Lipinski definition) is 1. The maximum absolute atomic E-state index is 3.57. The van der Waals surface area contributed by atoms with Crippen molar-refractivity contribution in [1.29, 1.82) is 0 Å². The van der Waals surface area contributed by atoms with Gasteiger partial charge >= 0.3 is 0 Å². The lowest BCUT2D eigenvalue weighted by atomic mass is 10.1. The standard InChI is InChI=1S/C16H27N3/c1-13-7-5-8-16(14(13)2)19-10-6-9-17-11-15(19)12-18(3)4/h5,7-8,15,17H,6,9-12H2,1-4H3. The summed E-state index contributed by atoms with van der Waals surface area (Å²) in [4.78, 5) is 4.89. The molecule has 0 bridgehead atoms. The van der Waals surface area contributed by atoms with Crippen molar-refractivity contribution in [2.24, 2.45) is 0 Å². The van der Waals surface area contributed by atoms with E-state index in [-0.39, 0.29) is 0 Å². The van der Waals surface area contributed by atoms with E-state index in [1.165, 1.54) is 23.2 Å². The van der Waals surface area contributed by atoms with Crippen LogP contribution in [0.3, 0.4) is 0 Å². The summed E-state index contributed by atoms with van der Waals surface area (Å²) in [7, 11) is 4.32. The minimum Gasteiger partial charge on any atom is -0.366 e. The van der Waals surface area contributed by atoms with Gasteiger partial charge in [0, 0.05) is 25.3 Å². The number of nitrogens with one attached hydrogen (secondary N) is 1. The summed E-state index contributed by atoms with van der Waals surface area (Å²) in [6, 6.07) is 7.22. The van der Waals surface area contributed by atoms with Crippen molar-refractivity contribution in [3.05, 3.63) is 29.3 Å². The molecule has 3 heteroatoms. The molecule has 1 atom stereocenters. The summed E-state index contributed by atoms with van der Waals surface area (Å²) in [5.74, 6) is 0. The number of hydrogen-bond acceptors (Lipinski definition) is 3. The second-order valence-corrected chi connectivity index (χ2v) is 5.89. The van der Waals surface area contributed by atoms with E-state index in [9.17, 15) is 0 Å². The van der Waals surface area contributed by atoms with Gasteiger partial charge in [0.15, 0.2) is 0 Å². The molecule has 0 saturated carbocycles. The summed E-state index contributed by atoms with van der Waals surface area (Å²) in [5.41, 5.74) is 4.22. The average Bonchev–Trinajstić information content (AvgIpc) is 2.58. The van der Waals surface area contributed by atoms with E-state index in [2.05, 4.69) is 61.3 Å². The van der Waals surface area contributed by atoms with Crippen molar-refractivity contribution >= 4 is 5.69 Å². The van der Waals surface area contributed by atoms with Crippen LogP contribution < -0.4 is 10.2 Å². The monoisotopic (exact) mass is 261 g/mol. The molecule has 0 spiro atoms. The van der Waals surface area contributed by atoms with E-state index in [1.807, 2.05) is 0 Å². The highest BCUT2D eigenvalue weighted by molar-refractivity contribution is 5.57. The largest absolute Gasteiger partial charge is 0.366 e. The van der Waals surface area contributed by atoms with Crippen LogP contribution in [0.15, 0.2) is 18.2 Å². The summed E-state index contributed by atoms with van der Waals surface area (Å²) in [5, 5.41) is 3.57. The first-order chi connectivity index (χ1) is 9.09. The van der Waals surface area contributed by atoms with Gasteiger partial charge in [-0.3, -0.25) is 0 Å². The van der Waals surface area contributed by atoms with Gasteiger partial charge in [-0.05, 0) is 58.1 Å². The van der Waals surface area contributed by atoms with Gasteiger partial charge in [-0.15, -0.1) is 0 Å². The molecule has 106 valence electrons. The highest BCUT2D eigenvalue weighted by Crippen LogP contribution is 2.25. The van der Waals surface area contributed by atoms with Crippen LogP contribution >= 0.6 is 0 Å². The van der Waals surface area contributed by atoms with Gasteiger partial charge in [0.2, 0.25) is 0 Å². The van der Waals surface area contributed by atoms with E-state index in [4.69, 9.17) is 0 Å². The van der Waals surface area contributed by atoms with E-state index in [0.29, 0.717) is 6.04 Å². The molecule has 0 radical (unpaired) electrons. The zero-order valence-corrected chi connectivity index (χ0v) is 12.7. The van der Waals surface area contributed by atoms with Crippen LogP contribution in [-0.2, 0) is 0 Å². The van der Waals surface area contributed by atoms with Crippen molar-refractivity contribution in [1.82, 2.24) is 10.2 Å². The third kappa shape index (κ3) is 3.48. The molecule has 1 heterocycles. The average molecular weight is 261 g/mol. The number of nitrogens with zero attached hydrogens (tertiary/aromatic N) is 2. The summed E-state index contributed by atoms with van der Waals surface area (Å²) < 4.78 is 0. The van der Waals surface area contributed by atoms with Crippen LogP contribution in [0.2, 0.25) is 0 Å². The predicted molar refractivity (Wildman–Crippen MR) is 83.1 cm³/mol. The maximum Gasteiger partial charge on any atom is 0.0541 e. The zero-order valence-electron chi connectivity index (χ0n) is 12.7. The second-order valence-electron chi connectivity index (χ2n) is 5.89. The molecule has 1 unspecified atom stereocenters. The molecule has 1 saturated heterocycles. The molecule has 2 rings (SSSR count). The SMILES string of the molecule is Cc1cccc(N2CCCNCC2CN(C)C)c1C. The number of aryl methyl sites for hydroxylation is 1. The van der Waals surface area contributed by atoms with Gasteiger partial charge < -0.3 is 15.1 Å². The first-order valence-electron chi connectivity index (χ1n) is 7.28. The third-order valence-corrected chi connectivity index (χ3v) is 4.03. The van der Waals surface area contributed by atoms with E-state index >= 15 is 0 Å². The molecule has 1 N–H and O–H groups in total. The van der Waals surface area contributed by atoms with Crippen molar-refractivity contribution in [3.8, 4) is 0 Å². The number of likely N-dealkylation sites (N-methyl/N-ethyl adjacent to an activating group) is 1. The van der Waals surface area contributed by atoms with Gasteiger partial charge in [-0.1, -0.05) is 12.1 Å². The van der Waals surface area contributed by atoms with Crippen LogP contribution in [0.25, 0.3) is 0 Å². The topological polar surface area (TPSA) is 18.5 Å². The molecule has 0 aliphatic carbocycles. The predicted octanol–water partition coefficient (Wildman–Crippen LogP) is 2.03. The Kier molecular flexibility index (Phi) is 4.83. The fourth-order valence-electron chi connectivity index (χ4n) is 2.88. The molecule has 1 aliphatic heterocycles. The Labute approximate surface area is 117 Å². The molecule has 1 aromatic rings.